The lowest BCUT2D eigenvalue weighted by atomic mass is 9.66. The molecule has 2 aliphatic rings. The summed E-state index contributed by atoms with van der Waals surface area (Å²) in [6.07, 6.45) is 8.18. The summed E-state index contributed by atoms with van der Waals surface area (Å²) in [5.74, 6) is 1.24. The normalized spacial score (nSPS) is 28.0. The summed E-state index contributed by atoms with van der Waals surface area (Å²) < 4.78 is 18.0. The van der Waals surface area contributed by atoms with Crippen LogP contribution in [0.25, 0.3) is 0 Å². The van der Waals surface area contributed by atoms with Gasteiger partial charge in [0.1, 0.15) is 0 Å². The predicted octanol–water partition coefficient (Wildman–Crippen LogP) is 5.67. The average Bonchev–Trinajstić information content (AvgIpc) is 3.01. The minimum atomic E-state index is -0.301. The van der Waals surface area contributed by atoms with E-state index in [2.05, 4.69) is 46.1 Å². The molecule has 1 unspecified atom stereocenters. The van der Waals surface area contributed by atoms with Crippen molar-refractivity contribution in [2.45, 2.75) is 91.5 Å². The van der Waals surface area contributed by atoms with Crippen LogP contribution in [0.4, 0.5) is 0 Å². The third kappa shape index (κ3) is 7.97. The first-order valence-electron chi connectivity index (χ1n) is 11.8. The highest BCUT2D eigenvalue weighted by Crippen LogP contribution is 2.48. The molecule has 1 heterocycles. The van der Waals surface area contributed by atoms with Crippen LogP contribution in [0.3, 0.4) is 0 Å². The van der Waals surface area contributed by atoms with E-state index in [4.69, 9.17) is 14.2 Å². The summed E-state index contributed by atoms with van der Waals surface area (Å²) in [6, 6.07) is 0. The molecule has 29 heavy (non-hydrogen) atoms. The summed E-state index contributed by atoms with van der Waals surface area (Å²) in [7, 11) is 1.77. The Hall–Kier alpha value is -0.420. The summed E-state index contributed by atoms with van der Waals surface area (Å²) >= 11 is 0. The van der Waals surface area contributed by atoms with Gasteiger partial charge in [-0.25, -0.2) is 0 Å². The molecule has 4 heteroatoms. The number of methoxy groups -OCH3 is 1. The summed E-state index contributed by atoms with van der Waals surface area (Å²) in [6.45, 7) is 20.4. The van der Waals surface area contributed by atoms with Crippen LogP contribution in [0, 0.1) is 17.3 Å². The Bertz CT molecular complexity index is 494. The molecule has 170 valence electrons. The molecule has 0 amide bonds. The second-order valence-corrected chi connectivity index (χ2v) is 10.7. The molecular formula is C25H47NO3. The maximum atomic E-state index is 6.52. The molecule has 0 radical (unpaired) electrons. The van der Waals surface area contributed by atoms with Gasteiger partial charge in [-0.3, -0.25) is 4.90 Å². The van der Waals surface area contributed by atoms with Crippen molar-refractivity contribution in [3.8, 4) is 0 Å². The van der Waals surface area contributed by atoms with E-state index < -0.39 is 0 Å². The second-order valence-electron chi connectivity index (χ2n) is 10.7. The standard InChI is InChI=1S/C25H47NO3/c1-20(2)17-24(5,6)22-9-12-25(13-10-22)28-19-23(29-25)11-15-26(18-21(3)4)14-8-16-27-7/h20,22-23H,3,8-19H2,1-2,4-7H3. The largest absolute Gasteiger partial charge is 0.385 e. The Labute approximate surface area is 180 Å². The van der Waals surface area contributed by atoms with Gasteiger partial charge in [-0.1, -0.05) is 39.8 Å². The monoisotopic (exact) mass is 409 g/mol. The maximum absolute atomic E-state index is 6.52. The molecule has 0 aromatic rings. The number of hydrogen-bond donors (Lipinski definition) is 0. The van der Waals surface area contributed by atoms with Crippen LogP contribution in [0.15, 0.2) is 12.2 Å². The zero-order valence-corrected chi connectivity index (χ0v) is 20.1. The van der Waals surface area contributed by atoms with Crippen LogP contribution < -0.4 is 0 Å². The molecule has 0 N–H and O–H groups in total. The van der Waals surface area contributed by atoms with Crippen LogP contribution in [-0.4, -0.2) is 56.7 Å². The number of hydrogen-bond acceptors (Lipinski definition) is 4. The molecule has 1 saturated carbocycles. The zero-order chi connectivity index (χ0) is 21.5. The van der Waals surface area contributed by atoms with Crippen molar-refractivity contribution in [3.63, 3.8) is 0 Å². The molecule has 2 fully saturated rings. The van der Waals surface area contributed by atoms with E-state index in [1.54, 1.807) is 7.11 Å². The summed E-state index contributed by atoms with van der Waals surface area (Å²) in [4.78, 5) is 2.47. The van der Waals surface area contributed by atoms with Gasteiger partial charge in [0.25, 0.3) is 0 Å². The number of rotatable bonds is 12. The highest BCUT2D eigenvalue weighted by Gasteiger charge is 2.46. The molecule has 4 nitrogen and oxygen atoms in total. The first-order valence-corrected chi connectivity index (χ1v) is 11.8. The Morgan fingerprint density at radius 3 is 2.52 bits per heavy atom. The van der Waals surface area contributed by atoms with E-state index in [0.717, 1.165) is 70.4 Å². The van der Waals surface area contributed by atoms with E-state index in [-0.39, 0.29) is 11.9 Å². The summed E-state index contributed by atoms with van der Waals surface area (Å²) in [5.41, 5.74) is 1.63. The van der Waals surface area contributed by atoms with Crippen molar-refractivity contribution in [3.05, 3.63) is 12.2 Å². The van der Waals surface area contributed by atoms with Crippen LogP contribution in [-0.2, 0) is 14.2 Å². The smallest absolute Gasteiger partial charge is 0.168 e. The minimum Gasteiger partial charge on any atom is -0.385 e. The Morgan fingerprint density at radius 2 is 1.93 bits per heavy atom. The predicted molar refractivity (Wildman–Crippen MR) is 121 cm³/mol. The van der Waals surface area contributed by atoms with Gasteiger partial charge in [-0.15, -0.1) is 0 Å². The molecule has 2 rings (SSSR count). The van der Waals surface area contributed by atoms with Gasteiger partial charge in [0.15, 0.2) is 5.79 Å². The zero-order valence-electron chi connectivity index (χ0n) is 20.1. The first-order chi connectivity index (χ1) is 13.7. The van der Waals surface area contributed by atoms with Crippen molar-refractivity contribution in [2.24, 2.45) is 17.3 Å². The molecule has 1 saturated heterocycles. The fraction of sp³-hybridized carbons (Fsp3) is 0.920. The quantitative estimate of drug-likeness (QED) is 0.307. The number of ether oxygens (including phenoxy) is 3. The lowest BCUT2D eigenvalue weighted by molar-refractivity contribution is -0.198. The lowest BCUT2D eigenvalue weighted by Crippen LogP contribution is -2.40. The van der Waals surface area contributed by atoms with Gasteiger partial charge in [-0.05, 0) is 56.3 Å². The second kappa shape index (κ2) is 11.3. The van der Waals surface area contributed by atoms with Gasteiger partial charge in [0.2, 0.25) is 0 Å². The first kappa shape index (κ1) is 24.8. The molecule has 0 aromatic heterocycles. The molecule has 0 aromatic carbocycles. The van der Waals surface area contributed by atoms with Gasteiger partial charge in [-0.2, -0.15) is 0 Å². The van der Waals surface area contributed by atoms with E-state index in [0.29, 0.717) is 5.41 Å². The third-order valence-corrected chi connectivity index (χ3v) is 6.78. The van der Waals surface area contributed by atoms with Crippen LogP contribution in [0.5, 0.6) is 0 Å². The van der Waals surface area contributed by atoms with Crippen LogP contribution in [0.1, 0.15) is 79.6 Å². The Kier molecular flexibility index (Phi) is 9.66. The molecular weight excluding hydrogens is 362 g/mol. The summed E-state index contributed by atoms with van der Waals surface area (Å²) in [5, 5.41) is 0. The van der Waals surface area contributed by atoms with Crippen molar-refractivity contribution >= 4 is 0 Å². The molecule has 1 aliphatic carbocycles. The fourth-order valence-electron chi connectivity index (χ4n) is 5.49. The van der Waals surface area contributed by atoms with Gasteiger partial charge >= 0.3 is 0 Å². The van der Waals surface area contributed by atoms with E-state index in [1.807, 2.05) is 0 Å². The van der Waals surface area contributed by atoms with Gasteiger partial charge in [0, 0.05) is 46.2 Å². The van der Waals surface area contributed by atoms with Crippen LogP contribution in [0.2, 0.25) is 0 Å². The molecule has 1 spiro atoms. The molecule has 1 aliphatic heterocycles. The van der Waals surface area contributed by atoms with Crippen LogP contribution >= 0.6 is 0 Å². The average molecular weight is 410 g/mol. The van der Waals surface area contributed by atoms with Crippen molar-refractivity contribution in [1.29, 1.82) is 0 Å². The minimum absolute atomic E-state index is 0.227. The Balaban J connectivity index is 1.78. The van der Waals surface area contributed by atoms with Gasteiger partial charge < -0.3 is 14.2 Å². The SMILES string of the molecule is C=C(C)CN(CCCOC)CCC1COC2(CCC(C(C)(C)CC(C)C)CC2)O1. The maximum Gasteiger partial charge on any atom is 0.168 e. The van der Waals surface area contributed by atoms with E-state index in [9.17, 15) is 0 Å². The van der Waals surface area contributed by atoms with E-state index in [1.165, 1.54) is 24.8 Å². The highest BCUT2D eigenvalue weighted by molar-refractivity contribution is 4.93. The van der Waals surface area contributed by atoms with E-state index >= 15 is 0 Å². The highest BCUT2D eigenvalue weighted by atomic mass is 16.7. The fourth-order valence-corrected chi connectivity index (χ4v) is 5.49. The van der Waals surface area contributed by atoms with Crippen molar-refractivity contribution < 1.29 is 14.2 Å². The molecule has 1 atom stereocenters. The van der Waals surface area contributed by atoms with Crippen molar-refractivity contribution in [1.82, 2.24) is 4.90 Å². The number of nitrogens with zero attached hydrogens (tertiary/aromatic N) is 1. The van der Waals surface area contributed by atoms with Gasteiger partial charge in [0.05, 0.1) is 12.7 Å². The lowest BCUT2D eigenvalue weighted by Gasteiger charge is -2.43. The molecule has 0 bridgehead atoms. The topological polar surface area (TPSA) is 30.9 Å². The Morgan fingerprint density at radius 1 is 1.24 bits per heavy atom. The van der Waals surface area contributed by atoms with Crippen molar-refractivity contribution in [2.75, 3.05) is 40.0 Å². The third-order valence-electron chi connectivity index (χ3n) is 6.78.